The molecule has 3 aromatic rings. The summed E-state index contributed by atoms with van der Waals surface area (Å²) in [5.74, 6) is 1.10. The fourth-order valence-corrected chi connectivity index (χ4v) is 4.19. The summed E-state index contributed by atoms with van der Waals surface area (Å²) in [4.78, 5) is 4.62. The largest absolute Gasteiger partial charge is 0.399 e. The molecule has 0 unspecified atom stereocenters. The van der Waals surface area contributed by atoms with Crippen LogP contribution in [0.5, 0.6) is 0 Å². The summed E-state index contributed by atoms with van der Waals surface area (Å²) in [5.41, 5.74) is 9.06. The Labute approximate surface area is 127 Å². The van der Waals surface area contributed by atoms with Gasteiger partial charge in [-0.1, -0.05) is 42.1 Å². The molecule has 0 saturated heterocycles. The van der Waals surface area contributed by atoms with E-state index in [4.69, 9.17) is 5.73 Å². The van der Waals surface area contributed by atoms with Crippen molar-refractivity contribution < 1.29 is 0 Å². The zero-order valence-electron chi connectivity index (χ0n) is 11.1. The summed E-state index contributed by atoms with van der Waals surface area (Å²) in [6.07, 6.45) is 2.30. The predicted octanol–water partition coefficient (Wildman–Crippen LogP) is 4.60. The predicted molar refractivity (Wildman–Crippen MR) is 89.5 cm³/mol. The molecule has 3 rings (SSSR count). The van der Waals surface area contributed by atoms with E-state index in [-0.39, 0.29) is 0 Å². The first kappa shape index (κ1) is 13.5. The van der Waals surface area contributed by atoms with Crippen LogP contribution < -0.4 is 5.73 Å². The van der Waals surface area contributed by atoms with Gasteiger partial charge in [-0.15, -0.1) is 11.3 Å². The van der Waals surface area contributed by atoms with Gasteiger partial charge in [0.2, 0.25) is 0 Å². The SMILES string of the molecule is Nc1ccc2nc(SCCCc3ccccc3)sc2c1. The normalized spacial score (nSPS) is 11.0. The van der Waals surface area contributed by atoms with Crippen molar-refractivity contribution in [2.24, 2.45) is 0 Å². The number of fused-ring (bicyclic) bond motifs is 1. The number of anilines is 1. The maximum absolute atomic E-state index is 5.79. The van der Waals surface area contributed by atoms with E-state index in [0.717, 1.165) is 27.7 Å². The molecule has 1 heterocycles. The maximum atomic E-state index is 5.79. The minimum Gasteiger partial charge on any atom is -0.399 e. The highest BCUT2D eigenvalue weighted by Gasteiger charge is 2.04. The Morgan fingerprint density at radius 1 is 1.10 bits per heavy atom. The van der Waals surface area contributed by atoms with Crippen LogP contribution in [0.15, 0.2) is 52.9 Å². The lowest BCUT2D eigenvalue weighted by molar-refractivity contribution is 0.933. The molecule has 20 heavy (non-hydrogen) atoms. The van der Waals surface area contributed by atoms with E-state index in [9.17, 15) is 0 Å². The Morgan fingerprint density at radius 2 is 1.95 bits per heavy atom. The average Bonchev–Trinajstić information content (AvgIpc) is 2.86. The number of thioether (sulfide) groups is 1. The molecule has 1 aromatic heterocycles. The van der Waals surface area contributed by atoms with E-state index in [2.05, 4.69) is 35.3 Å². The van der Waals surface area contributed by atoms with Crippen molar-refractivity contribution in [3.63, 3.8) is 0 Å². The van der Waals surface area contributed by atoms with Gasteiger partial charge >= 0.3 is 0 Å². The van der Waals surface area contributed by atoms with Gasteiger partial charge in [0, 0.05) is 11.4 Å². The smallest absolute Gasteiger partial charge is 0.151 e. The number of rotatable bonds is 5. The van der Waals surface area contributed by atoms with Crippen LogP contribution in [-0.4, -0.2) is 10.7 Å². The Hall–Kier alpha value is -1.52. The van der Waals surface area contributed by atoms with Gasteiger partial charge in [0.25, 0.3) is 0 Å². The molecule has 0 amide bonds. The van der Waals surface area contributed by atoms with Crippen LogP contribution in [0, 0.1) is 0 Å². The third-order valence-electron chi connectivity index (χ3n) is 3.07. The van der Waals surface area contributed by atoms with Crippen molar-refractivity contribution in [1.29, 1.82) is 0 Å². The third kappa shape index (κ3) is 3.32. The number of thiazole rings is 1. The van der Waals surface area contributed by atoms with Gasteiger partial charge in [0.1, 0.15) is 0 Å². The first-order valence-electron chi connectivity index (χ1n) is 6.64. The molecule has 2 nitrogen and oxygen atoms in total. The van der Waals surface area contributed by atoms with Gasteiger partial charge in [0.05, 0.1) is 10.2 Å². The van der Waals surface area contributed by atoms with Gasteiger partial charge in [0.15, 0.2) is 4.34 Å². The number of aromatic nitrogens is 1. The number of hydrogen-bond donors (Lipinski definition) is 1. The molecule has 102 valence electrons. The number of hydrogen-bond acceptors (Lipinski definition) is 4. The van der Waals surface area contributed by atoms with E-state index >= 15 is 0 Å². The second kappa shape index (κ2) is 6.29. The first-order chi connectivity index (χ1) is 9.81. The molecule has 0 saturated carbocycles. The van der Waals surface area contributed by atoms with Crippen LogP contribution in [0.25, 0.3) is 10.2 Å². The minimum atomic E-state index is 0.807. The van der Waals surface area contributed by atoms with Crippen molar-refractivity contribution in [1.82, 2.24) is 4.98 Å². The Bertz CT molecular complexity index is 692. The monoisotopic (exact) mass is 300 g/mol. The van der Waals surface area contributed by atoms with Gasteiger partial charge in [-0.25, -0.2) is 4.98 Å². The van der Waals surface area contributed by atoms with Crippen molar-refractivity contribution >= 4 is 39.0 Å². The molecule has 4 heteroatoms. The molecule has 2 N–H and O–H groups in total. The standard InChI is InChI=1S/C16H16N2S2/c17-13-8-9-14-15(11-13)20-16(18-14)19-10-4-7-12-5-2-1-3-6-12/h1-3,5-6,8-9,11H,4,7,10,17H2. The van der Waals surface area contributed by atoms with E-state index in [1.807, 2.05) is 30.0 Å². The van der Waals surface area contributed by atoms with Crippen LogP contribution in [0.3, 0.4) is 0 Å². The fourth-order valence-electron chi connectivity index (χ4n) is 2.06. The van der Waals surface area contributed by atoms with Crippen LogP contribution >= 0.6 is 23.1 Å². The number of nitrogens with two attached hydrogens (primary N) is 1. The summed E-state index contributed by atoms with van der Waals surface area (Å²) in [5, 5.41) is 0. The van der Waals surface area contributed by atoms with E-state index in [0.29, 0.717) is 0 Å². The summed E-state index contributed by atoms with van der Waals surface area (Å²) < 4.78 is 2.31. The maximum Gasteiger partial charge on any atom is 0.151 e. The molecule has 2 aromatic carbocycles. The molecular formula is C16H16N2S2. The van der Waals surface area contributed by atoms with Crippen LogP contribution in [0.1, 0.15) is 12.0 Å². The van der Waals surface area contributed by atoms with Crippen molar-refractivity contribution in [2.75, 3.05) is 11.5 Å². The average molecular weight is 300 g/mol. The number of aryl methyl sites for hydroxylation is 1. The molecular weight excluding hydrogens is 284 g/mol. The van der Waals surface area contributed by atoms with E-state index in [1.54, 1.807) is 11.3 Å². The Balaban J connectivity index is 1.55. The van der Waals surface area contributed by atoms with Gasteiger partial charge in [-0.3, -0.25) is 0 Å². The van der Waals surface area contributed by atoms with Crippen molar-refractivity contribution in [2.45, 2.75) is 17.2 Å². The third-order valence-corrected chi connectivity index (χ3v) is 5.32. The van der Waals surface area contributed by atoms with Crippen LogP contribution in [0.2, 0.25) is 0 Å². The molecule has 0 aliphatic rings. The van der Waals surface area contributed by atoms with Crippen molar-refractivity contribution in [3.8, 4) is 0 Å². The first-order valence-corrected chi connectivity index (χ1v) is 8.44. The quantitative estimate of drug-likeness (QED) is 0.425. The molecule has 0 radical (unpaired) electrons. The summed E-state index contributed by atoms with van der Waals surface area (Å²) in [6, 6.07) is 16.5. The van der Waals surface area contributed by atoms with Gasteiger partial charge in [-0.05, 0) is 36.6 Å². The summed E-state index contributed by atoms with van der Waals surface area (Å²) in [7, 11) is 0. The van der Waals surface area contributed by atoms with E-state index < -0.39 is 0 Å². The minimum absolute atomic E-state index is 0.807. The summed E-state index contributed by atoms with van der Waals surface area (Å²) in [6.45, 7) is 0. The second-order valence-electron chi connectivity index (χ2n) is 4.64. The highest BCUT2D eigenvalue weighted by atomic mass is 32.2. The molecule has 0 spiro atoms. The highest BCUT2D eigenvalue weighted by molar-refractivity contribution is 8.01. The lowest BCUT2D eigenvalue weighted by atomic mass is 10.1. The number of nitrogen functional groups attached to an aromatic ring is 1. The fraction of sp³-hybridized carbons (Fsp3) is 0.188. The molecule has 0 aliphatic heterocycles. The molecule has 0 atom stereocenters. The zero-order valence-corrected chi connectivity index (χ0v) is 12.7. The summed E-state index contributed by atoms with van der Waals surface area (Å²) >= 11 is 3.57. The lowest BCUT2D eigenvalue weighted by Gasteiger charge is -1.99. The van der Waals surface area contributed by atoms with Gasteiger partial charge in [-0.2, -0.15) is 0 Å². The molecule has 0 bridgehead atoms. The zero-order chi connectivity index (χ0) is 13.8. The number of nitrogens with zero attached hydrogens (tertiary/aromatic N) is 1. The van der Waals surface area contributed by atoms with Gasteiger partial charge < -0.3 is 5.73 Å². The van der Waals surface area contributed by atoms with Crippen LogP contribution in [-0.2, 0) is 6.42 Å². The Morgan fingerprint density at radius 3 is 2.80 bits per heavy atom. The van der Waals surface area contributed by atoms with E-state index in [1.165, 1.54) is 16.7 Å². The second-order valence-corrected chi connectivity index (χ2v) is 7.02. The molecule has 0 fully saturated rings. The number of benzene rings is 2. The van der Waals surface area contributed by atoms with Crippen molar-refractivity contribution in [3.05, 3.63) is 54.1 Å². The highest BCUT2D eigenvalue weighted by Crippen LogP contribution is 2.31. The molecule has 0 aliphatic carbocycles. The van der Waals surface area contributed by atoms with Crippen LogP contribution in [0.4, 0.5) is 5.69 Å². The lowest BCUT2D eigenvalue weighted by Crippen LogP contribution is -1.86. The topological polar surface area (TPSA) is 38.9 Å². The Kier molecular flexibility index (Phi) is 4.23.